The molecule has 1 heterocycles. The second-order valence-electron chi connectivity index (χ2n) is 7.21. The van der Waals surface area contributed by atoms with Gasteiger partial charge in [0.15, 0.2) is 11.6 Å². The average molecular weight is 373 g/mol. The Labute approximate surface area is 158 Å². The van der Waals surface area contributed by atoms with E-state index in [-0.39, 0.29) is 11.9 Å². The molecule has 1 aliphatic heterocycles. The number of halogens is 1. The van der Waals surface area contributed by atoms with E-state index in [1.54, 1.807) is 6.07 Å². The molecule has 4 nitrogen and oxygen atoms in total. The van der Waals surface area contributed by atoms with Crippen molar-refractivity contribution in [1.82, 2.24) is 0 Å². The number of aryl methyl sites for hydroxylation is 2. The molecule has 0 amide bonds. The highest BCUT2D eigenvalue weighted by molar-refractivity contribution is 6.30. The smallest absolute Gasteiger partial charge is 0.193 e. The lowest BCUT2D eigenvalue weighted by molar-refractivity contribution is -0.141. The monoisotopic (exact) mass is 372 g/mol. The number of benzene rings is 2. The Hall–Kier alpha value is -1.88. The van der Waals surface area contributed by atoms with E-state index >= 15 is 0 Å². The first-order valence-corrected chi connectivity index (χ1v) is 9.20. The van der Waals surface area contributed by atoms with Gasteiger partial charge in [0.05, 0.1) is 6.61 Å². The van der Waals surface area contributed by atoms with Gasteiger partial charge in [0.1, 0.15) is 18.5 Å². The van der Waals surface area contributed by atoms with E-state index in [9.17, 15) is 4.79 Å². The highest BCUT2D eigenvalue weighted by Gasteiger charge is 2.33. The van der Waals surface area contributed by atoms with Gasteiger partial charge in [0.2, 0.25) is 0 Å². The Balaban J connectivity index is 1.51. The molecule has 2 aromatic rings. The Morgan fingerprint density at radius 1 is 1.12 bits per heavy atom. The molecule has 0 radical (unpaired) electrons. The fourth-order valence-electron chi connectivity index (χ4n) is 3.53. The molecule has 26 heavy (non-hydrogen) atoms. The van der Waals surface area contributed by atoms with Crippen LogP contribution >= 0.6 is 11.6 Å². The molecule has 0 N–H and O–H groups in total. The third-order valence-corrected chi connectivity index (χ3v) is 5.04. The van der Waals surface area contributed by atoms with Crippen LogP contribution in [-0.2, 0) is 22.3 Å². The maximum atomic E-state index is 12.9. The number of ketones is 1. The zero-order valence-electron chi connectivity index (χ0n) is 14.9. The number of rotatable bonds is 3. The highest BCUT2D eigenvalue weighted by Crippen LogP contribution is 2.29. The molecule has 136 valence electrons. The molecule has 0 aromatic heterocycles. The first-order chi connectivity index (χ1) is 12.4. The van der Waals surface area contributed by atoms with Crippen LogP contribution in [0.3, 0.4) is 0 Å². The largest absolute Gasteiger partial charge is 0.491 e. The standard InChI is InChI=1S/C21H21ClO4/c1-21(2)25-12-17(26-21)11-24-16-6-8-19-14(10-16)4-3-13-9-15(22)5-7-18(13)20(19)23/h5-10,17H,3-4,11-12H2,1-2H3. The topological polar surface area (TPSA) is 44.8 Å². The minimum Gasteiger partial charge on any atom is -0.491 e. The second kappa shape index (κ2) is 6.69. The van der Waals surface area contributed by atoms with Crippen molar-refractivity contribution in [3.05, 3.63) is 63.7 Å². The molecule has 1 fully saturated rings. The summed E-state index contributed by atoms with van der Waals surface area (Å²) in [6, 6.07) is 11.1. The molecular weight excluding hydrogens is 352 g/mol. The molecular formula is C21H21ClO4. The SMILES string of the molecule is CC1(C)OCC(COc2ccc3c(c2)CCc2cc(Cl)ccc2C3=O)O1. The lowest BCUT2D eigenvalue weighted by Crippen LogP contribution is -2.25. The first kappa shape index (κ1) is 17.5. The molecule has 0 saturated carbocycles. The number of fused-ring (bicyclic) bond motifs is 2. The van der Waals surface area contributed by atoms with Gasteiger partial charge >= 0.3 is 0 Å². The quantitative estimate of drug-likeness (QED) is 0.810. The molecule has 2 aliphatic rings. The van der Waals surface area contributed by atoms with Crippen LogP contribution in [0.4, 0.5) is 0 Å². The summed E-state index contributed by atoms with van der Waals surface area (Å²) < 4.78 is 17.2. The van der Waals surface area contributed by atoms with Crippen molar-refractivity contribution in [2.45, 2.75) is 38.6 Å². The zero-order chi connectivity index (χ0) is 18.3. The van der Waals surface area contributed by atoms with Crippen LogP contribution in [0.25, 0.3) is 0 Å². The molecule has 1 atom stereocenters. The fraction of sp³-hybridized carbons (Fsp3) is 0.381. The number of hydrogen-bond donors (Lipinski definition) is 0. The molecule has 0 bridgehead atoms. The van der Waals surface area contributed by atoms with Crippen molar-refractivity contribution in [3.8, 4) is 5.75 Å². The van der Waals surface area contributed by atoms with Crippen LogP contribution < -0.4 is 4.74 Å². The van der Waals surface area contributed by atoms with E-state index in [1.165, 1.54) is 0 Å². The molecule has 4 rings (SSSR count). The molecule has 0 spiro atoms. The number of hydrogen-bond acceptors (Lipinski definition) is 4. The average Bonchev–Trinajstić information content (AvgIpc) is 2.90. The van der Waals surface area contributed by atoms with E-state index in [2.05, 4.69) is 0 Å². The molecule has 1 unspecified atom stereocenters. The Kier molecular flexibility index (Phi) is 4.51. The highest BCUT2D eigenvalue weighted by atomic mass is 35.5. The van der Waals surface area contributed by atoms with Crippen LogP contribution in [0.5, 0.6) is 5.75 Å². The molecule has 1 saturated heterocycles. The summed E-state index contributed by atoms with van der Waals surface area (Å²) in [4.78, 5) is 12.9. The van der Waals surface area contributed by atoms with E-state index in [0.717, 1.165) is 40.8 Å². The van der Waals surface area contributed by atoms with Crippen LogP contribution in [-0.4, -0.2) is 30.9 Å². The normalized spacial score (nSPS) is 21.0. The van der Waals surface area contributed by atoms with Gasteiger partial charge in [-0.1, -0.05) is 11.6 Å². The van der Waals surface area contributed by atoms with Gasteiger partial charge in [0, 0.05) is 16.1 Å². The minimum absolute atomic E-state index is 0.0463. The first-order valence-electron chi connectivity index (χ1n) is 8.82. The maximum absolute atomic E-state index is 12.9. The van der Waals surface area contributed by atoms with Crippen molar-refractivity contribution in [1.29, 1.82) is 0 Å². The summed E-state index contributed by atoms with van der Waals surface area (Å²) in [5.74, 6) is 0.236. The van der Waals surface area contributed by atoms with Crippen LogP contribution in [0.15, 0.2) is 36.4 Å². The van der Waals surface area contributed by atoms with Crippen LogP contribution in [0.1, 0.15) is 40.9 Å². The summed E-state index contributed by atoms with van der Waals surface area (Å²) >= 11 is 6.08. The summed E-state index contributed by atoms with van der Waals surface area (Å²) in [5, 5.41) is 0.660. The van der Waals surface area contributed by atoms with Gasteiger partial charge in [0.25, 0.3) is 0 Å². The summed E-state index contributed by atoms with van der Waals surface area (Å²) in [7, 11) is 0. The van der Waals surface area contributed by atoms with E-state index in [0.29, 0.717) is 18.2 Å². The van der Waals surface area contributed by atoms with Crippen molar-refractivity contribution >= 4 is 17.4 Å². The van der Waals surface area contributed by atoms with Crippen molar-refractivity contribution in [2.75, 3.05) is 13.2 Å². The Bertz CT molecular complexity index is 859. The van der Waals surface area contributed by atoms with Crippen LogP contribution in [0, 0.1) is 0 Å². The number of carbonyl (C=O) groups is 1. The summed E-state index contributed by atoms with van der Waals surface area (Å²) in [6.07, 6.45) is 1.48. The summed E-state index contributed by atoms with van der Waals surface area (Å²) in [5.41, 5.74) is 3.48. The number of carbonyl (C=O) groups excluding carboxylic acids is 1. The predicted molar refractivity (Wildman–Crippen MR) is 99.1 cm³/mol. The van der Waals surface area contributed by atoms with Gasteiger partial charge in [-0.05, 0) is 74.2 Å². The minimum atomic E-state index is -0.554. The van der Waals surface area contributed by atoms with E-state index in [4.69, 9.17) is 25.8 Å². The second-order valence-corrected chi connectivity index (χ2v) is 7.65. The van der Waals surface area contributed by atoms with E-state index in [1.807, 2.05) is 44.2 Å². The molecule has 2 aromatic carbocycles. The van der Waals surface area contributed by atoms with Crippen molar-refractivity contribution in [3.63, 3.8) is 0 Å². The van der Waals surface area contributed by atoms with Gasteiger partial charge in [-0.25, -0.2) is 0 Å². The van der Waals surface area contributed by atoms with Crippen molar-refractivity contribution < 1.29 is 19.0 Å². The van der Waals surface area contributed by atoms with E-state index < -0.39 is 5.79 Å². The molecule has 1 aliphatic carbocycles. The molecule has 5 heteroatoms. The Morgan fingerprint density at radius 2 is 1.81 bits per heavy atom. The van der Waals surface area contributed by atoms with Gasteiger partial charge < -0.3 is 14.2 Å². The Morgan fingerprint density at radius 3 is 2.50 bits per heavy atom. The number of ether oxygens (including phenoxy) is 3. The van der Waals surface area contributed by atoms with Gasteiger partial charge in [-0.3, -0.25) is 4.79 Å². The third-order valence-electron chi connectivity index (χ3n) is 4.80. The van der Waals surface area contributed by atoms with Gasteiger partial charge in [-0.15, -0.1) is 0 Å². The lowest BCUT2D eigenvalue weighted by Gasteiger charge is -2.17. The van der Waals surface area contributed by atoms with Gasteiger partial charge in [-0.2, -0.15) is 0 Å². The summed E-state index contributed by atoms with van der Waals surface area (Å²) in [6.45, 7) is 4.73. The lowest BCUT2D eigenvalue weighted by atomic mass is 9.99. The predicted octanol–water partition coefficient (Wildman–Crippen LogP) is 4.20. The van der Waals surface area contributed by atoms with Crippen LogP contribution in [0.2, 0.25) is 5.02 Å². The maximum Gasteiger partial charge on any atom is 0.193 e. The zero-order valence-corrected chi connectivity index (χ0v) is 15.6. The third kappa shape index (κ3) is 3.50. The van der Waals surface area contributed by atoms with Crippen molar-refractivity contribution in [2.24, 2.45) is 0 Å². The fourth-order valence-corrected chi connectivity index (χ4v) is 3.72.